The number of benzene rings is 2. The zero-order valence-corrected chi connectivity index (χ0v) is 17.5. The fourth-order valence-electron chi connectivity index (χ4n) is 3.07. The van der Waals surface area contributed by atoms with E-state index in [-0.39, 0.29) is 17.2 Å². The number of carbonyl (C=O) groups excluding carboxylic acids is 1. The van der Waals surface area contributed by atoms with Crippen LogP contribution in [0.2, 0.25) is 0 Å². The lowest BCUT2D eigenvalue weighted by molar-refractivity contribution is -0.122. The third kappa shape index (κ3) is 5.39. The normalized spacial score (nSPS) is 19.9. The van der Waals surface area contributed by atoms with Crippen LogP contribution >= 0.6 is 15.9 Å². The molecule has 1 N–H and O–H groups in total. The van der Waals surface area contributed by atoms with Crippen molar-refractivity contribution in [2.75, 3.05) is 0 Å². The summed E-state index contributed by atoms with van der Waals surface area (Å²) in [6.45, 7) is 6.62. The molecule has 2 aromatic rings. The van der Waals surface area contributed by atoms with Crippen molar-refractivity contribution in [2.24, 2.45) is 11.0 Å². The Labute approximate surface area is 169 Å². The highest BCUT2D eigenvalue weighted by atomic mass is 79.9. The Balaban J connectivity index is 1.52. The zero-order chi connectivity index (χ0) is 19.4. The summed E-state index contributed by atoms with van der Waals surface area (Å²) in [6, 6.07) is 18.6. The Morgan fingerprint density at radius 1 is 1.11 bits per heavy atom. The number of allylic oxidation sites excluding steroid dienone is 1. The second-order valence-electron chi connectivity index (χ2n) is 7.99. The van der Waals surface area contributed by atoms with Gasteiger partial charge < -0.3 is 0 Å². The van der Waals surface area contributed by atoms with Crippen LogP contribution in [0.4, 0.5) is 0 Å². The summed E-state index contributed by atoms with van der Waals surface area (Å²) < 4.78 is 0.805. The minimum absolute atomic E-state index is 0.0134. The average Bonchev–Trinajstić information content (AvgIpc) is 3.43. The monoisotopic (exact) mass is 424 g/mol. The molecule has 1 saturated carbocycles. The molecule has 0 aliphatic heterocycles. The van der Waals surface area contributed by atoms with Crippen LogP contribution < -0.4 is 5.43 Å². The molecule has 2 aromatic carbocycles. The topological polar surface area (TPSA) is 41.5 Å². The molecule has 2 atom stereocenters. The standard InChI is InChI=1S/C23H25BrN2O/c1-23(2,3)18-11-9-17(10-12-18)20-14-21(20)22(27)26-25-15-19(24)13-16-7-5-4-6-8-16/h4-13,15,20-21H,14H2,1-3H3,(H,26,27)/b19-13+,25-15?/t20-,21+/m0/s1. The van der Waals surface area contributed by atoms with Gasteiger partial charge >= 0.3 is 0 Å². The van der Waals surface area contributed by atoms with Gasteiger partial charge in [0.25, 0.3) is 0 Å². The molecular weight excluding hydrogens is 400 g/mol. The fourth-order valence-corrected chi connectivity index (χ4v) is 3.44. The highest BCUT2D eigenvalue weighted by Gasteiger charge is 2.43. The fraction of sp³-hybridized carbons (Fsp3) is 0.304. The molecule has 0 heterocycles. The van der Waals surface area contributed by atoms with Gasteiger partial charge in [0, 0.05) is 10.4 Å². The number of hydrazone groups is 1. The molecule has 0 saturated heterocycles. The molecule has 0 spiro atoms. The van der Waals surface area contributed by atoms with E-state index in [2.05, 4.69) is 71.5 Å². The number of nitrogens with zero attached hydrogens (tertiary/aromatic N) is 1. The highest BCUT2D eigenvalue weighted by Crippen LogP contribution is 2.47. The van der Waals surface area contributed by atoms with Gasteiger partial charge in [-0.3, -0.25) is 4.79 Å². The number of halogens is 1. The van der Waals surface area contributed by atoms with Gasteiger partial charge in [-0.15, -0.1) is 0 Å². The van der Waals surface area contributed by atoms with Gasteiger partial charge in [-0.2, -0.15) is 5.10 Å². The number of hydrogen-bond donors (Lipinski definition) is 1. The SMILES string of the molecule is CC(C)(C)c1ccc([C@@H]2C[C@H]2C(=O)NN=C/C(Br)=C\c2ccccc2)cc1. The van der Waals surface area contributed by atoms with Crippen molar-refractivity contribution in [1.82, 2.24) is 5.43 Å². The van der Waals surface area contributed by atoms with Crippen LogP contribution in [0.3, 0.4) is 0 Å². The van der Waals surface area contributed by atoms with Crippen molar-refractivity contribution in [2.45, 2.75) is 38.5 Å². The van der Waals surface area contributed by atoms with Crippen LogP contribution in [0, 0.1) is 5.92 Å². The molecule has 1 amide bonds. The molecule has 1 aliphatic rings. The molecular formula is C23H25BrN2O. The van der Waals surface area contributed by atoms with E-state index in [0.29, 0.717) is 5.92 Å². The Hall–Kier alpha value is -2.20. The number of nitrogens with one attached hydrogen (secondary N) is 1. The van der Waals surface area contributed by atoms with Gasteiger partial charge in [-0.1, -0.05) is 75.4 Å². The predicted molar refractivity (Wildman–Crippen MR) is 116 cm³/mol. The number of hydrogen-bond acceptors (Lipinski definition) is 2. The molecule has 1 fully saturated rings. The first-order chi connectivity index (χ1) is 12.8. The van der Waals surface area contributed by atoms with Gasteiger partial charge in [-0.05, 0) is 56.5 Å². The predicted octanol–water partition coefficient (Wildman–Crippen LogP) is 5.63. The lowest BCUT2D eigenvalue weighted by Crippen LogP contribution is -2.20. The smallest absolute Gasteiger partial charge is 0.243 e. The van der Waals surface area contributed by atoms with Crippen LogP contribution in [-0.2, 0) is 10.2 Å². The van der Waals surface area contributed by atoms with E-state index in [1.165, 1.54) is 11.1 Å². The van der Waals surface area contributed by atoms with Crippen molar-refractivity contribution in [3.05, 3.63) is 75.8 Å². The van der Waals surface area contributed by atoms with Crippen molar-refractivity contribution < 1.29 is 4.79 Å². The molecule has 0 unspecified atom stereocenters. The first kappa shape index (κ1) is 19.6. The maximum Gasteiger partial charge on any atom is 0.243 e. The van der Waals surface area contributed by atoms with E-state index in [1.54, 1.807) is 6.21 Å². The van der Waals surface area contributed by atoms with E-state index < -0.39 is 0 Å². The van der Waals surface area contributed by atoms with Gasteiger partial charge in [0.2, 0.25) is 5.91 Å². The van der Waals surface area contributed by atoms with Crippen molar-refractivity contribution in [3.8, 4) is 0 Å². The second-order valence-corrected chi connectivity index (χ2v) is 8.91. The molecule has 140 valence electrons. The van der Waals surface area contributed by atoms with E-state index >= 15 is 0 Å². The van der Waals surface area contributed by atoms with Gasteiger partial charge in [0.1, 0.15) is 0 Å². The number of carbonyl (C=O) groups is 1. The minimum atomic E-state index is -0.0174. The van der Waals surface area contributed by atoms with E-state index in [4.69, 9.17) is 0 Å². The molecule has 0 bridgehead atoms. The van der Waals surface area contributed by atoms with Crippen LogP contribution in [0.5, 0.6) is 0 Å². The van der Waals surface area contributed by atoms with Gasteiger partial charge in [-0.25, -0.2) is 5.43 Å². The third-order valence-electron chi connectivity index (χ3n) is 4.80. The summed E-state index contributed by atoms with van der Waals surface area (Å²) in [7, 11) is 0. The summed E-state index contributed by atoms with van der Waals surface area (Å²) in [5.74, 6) is 0.299. The van der Waals surface area contributed by atoms with Gasteiger partial charge in [0.15, 0.2) is 0 Å². The third-order valence-corrected chi connectivity index (χ3v) is 5.23. The van der Waals surface area contributed by atoms with Crippen LogP contribution in [0.25, 0.3) is 6.08 Å². The average molecular weight is 425 g/mol. The minimum Gasteiger partial charge on any atom is -0.273 e. The van der Waals surface area contributed by atoms with Crippen molar-refractivity contribution >= 4 is 34.1 Å². The Morgan fingerprint density at radius 2 is 1.78 bits per heavy atom. The molecule has 0 aromatic heterocycles. The van der Waals surface area contributed by atoms with E-state index in [1.807, 2.05) is 36.4 Å². The molecule has 27 heavy (non-hydrogen) atoms. The largest absolute Gasteiger partial charge is 0.273 e. The lowest BCUT2D eigenvalue weighted by Gasteiger charge is -2.19. The van der Waals surface area contributed by atoms with Crippen molar-refractivity contribution in [1.29, 1.82) is 0 Å². The van der Waals surface area contributed by atoms with Gasteiger partial charge in [0.05, 0.1) is 6.21 Å². The Kier molecular flexibility index (Phi) is 5.95. The maximum atomic E-state index is 12.3. The molecule has 4 heteroatoms. The van der Waals surface area contributed by atoms with Crippen LogP contribution in [0.1, 0.15) is 49.8 Å². The first-order valence-corrected chi connectivity index (χ1v) is 9.99. The summed E-state index contributed by atoms with van der Waals surface area (Å²) in [4.78, 5) is 12.3. The summed E-state index contributed by atoms with van der Waals surface area (Å²) in [6.07, 6.45) is 4.45. The Bertz CT molecular complexity index is 848. The maximum absolute atomic E-state index is 12.3. The Morgan fingerprint density at radius 3 is 2.41 bits per heavy atom. The highest BCUT2D eigenvalue weighted by molar-refractivity contribution is 9.12. The molecule has 1 aliphatic carbocycles. The zero-order valence-electron chi connectivity index (χ0n) is 15.9. The quantitative estimate of drug-likeness (QED) is 0.490. The summed E-state index contributed by atoms with van der Waals surface area (Å²) >= 11 is 3.45. The van der Waals surface area contributed by atoms with E-state index in [9.17, 15) is 4.79 Å². The second kappa shape index (κ2) is 8.22. The first-order valence-electron chi connectivity index (χ1n) is 9.20. The number of amides is 1. The molecule has 3 rings (SSSR count). The van der Waals surface area contributed by atoms with Crippen molar-refractivity contribution in [3.63, 3.8) is 0 Å². The summed E-state index contributed by atoms with van der Waals surface area (Å²) in [5, 5.41) is 4.06. The molecule has 3 nitrogen and oxygen atoms in total. The summed E-state index contributed by atoms with van der Waals surface area (Å²) in [5.41, 5.74) is 6.42. The van der Waals surface area contributed by atoms with Crippen LogP contribution in [-0.4, -0.2) is 12.1 Å². The van der Waals surface area contributed by atoms with E-state index in [0.717, 1.165) is 16.5 Å². The number of rotatable bonds is 5. The van der Waals surface area contributed by atoms with Crippen LogP contribution in [0.15, 0.2) is 64.2 Å². The lowest BCUT2D eigenvalue weighted by atomic mass is 9.86. The molecule has 0 radical (unpaired) electrons.